The highest BCUT2D eigenvalue weighted by atomic mass is 35.5. The molecule has 0 aliphatic carbocycles. The van der Waals surface area contributed by atoms with Gasteiger partial charge in [-0.15, -0.1) is 0 Å². The van der Waals surface area contributed by atoms with E-state index in [1.807, 2.05) is 18.2 Å². The van der Waals surface area contributed by atoms with Crippen LogP contribution in [0, 0.1) is 0 Å². The molecular formula is C26H24Cl2N2. The van der Waals surface area contributed by atoms with Crippen LogP contribution in [0.5, 0.6) is 0 Å². The van der Waals surface area contributed by atoms with E-state index in [4.69, 9.17) is 28.2 Å². The highest BCUT2D eigenvalue weighted by molar-refractivity contribution is 6.31. The third kappa shape index (κ3) is 3.10. The summed E-state index contributed by atoms with van der Waals surface area (Å²) in [5.74, 6) is 0.263. The Hall–Kier alpha value is -2.13. The zero-order valence-corrected chi connectivity index (χ0v) is 18.4. The van der Waals surface area contributed by atoms with Gasteiger partial charge in [0.25, 0.3) is 0 Å². The zero-order chi connectivity index (χ0) is 20.7. The Morgan fingerprint density at radius 2 is 1.83 bits per heavy atom. The fourth-order valence-electron chi connectivity index (χ4n) is 5.38. The van der Waals surface area contributed by atoms with Crippen molar-refractivity contribution in [2.24, 2.45) is 4.99 Å². The van der Waals surface area contributed by atoms with Crippen LogP contribution in [0.2, 0.25) is 10.0 Å². The van der Waals surface area contributed by atoms with Crippen molar-refractivity contribution in [1.29, 1.82) is 0 Å². The molecule has 1 N–H and O–H groups in total. The maximum atomic E-state index is 6.41. The van der Waals surface area contributed by atoms with Gasteiger partial charge < -0.3 is 5.32 Å². The Morgan fingerprint density at radius 1 is 1.00 bits per heavy atom. The van der Waals surface area contributed by atoms with Crippen molar-refractivity contribution in [2.45, 2.75) is 37.1 Å². The van der Waals surface area contributed by atoms with Gasteiger partial charge in [-0.1, -0.05) is 72.6 Å². The Bertz CT molecular complexity index is 1120. The van der Waals surface area contributed by atoms with Gasteiger partial charge in [-0.25, -0.2) is 0 Å². The van der Waals surface area contributed by atoms with Gasteiger partial charge in [0.15, 0.2) is 0 Å². The molecule has 0 amide bonds. The number of nitrogens with zero attached hydrogens (tertiary/aromatic N) is 1. The number of rotatable bonds is 3. The first kappa shape index (κ1) is 19.8. The lowest BCUT2D eigenvalue weighted by atomic mass is 9.60. The molecule has 2 aliphatic rings. The molecule has 3 aromatic rings. The van der Waals surface area contributed by atoms with Gasteiger partial charge in [0.05, 0.1) is 11.1 Å². The summed E-state index contributed by atoms with van der Waals surface area (Å²) < 4.78 is 0. The van der Waals surface area contributed by atoms with Gasteiger partial charge >= 0.3 is 0 Å². The molecular weight excluding hydrogens is 411 g/mol. The molecule has 5 rings (SSSR count). The van der Waals surface area contributed by atoms with Crippen molar-refractivity contribution >= 4 is 35.1 Å². The molecule has 2 nitrogen and oxygen atoms in total. The summed E-state index contributed by atoms with van der Waals surface area (Å²) in [6, 6.07) is 23.3. The second-order valence-corrected chi connectivity index (χ2v) is 9.06. The first-order valence-electron chi connectivity index (χ1n) is 10.6. The van der Waals surface area contributed by atoms with Crippen molar-refractivity contribution in [3.05, 3.63) is 99.0 Å². The number of aliphatic imine (C=N–C) groups is 1. The molecule has 2 aliphatic heterocycles. The summed E-state index contributed by atoms with van der Waals surface area (Å²) in [6.45, 7) is 3.16. The summed E-state index contributed by atoms with van der Waals surface area (Å²) in [5, 5.41) is 5.35. The summed E-state index contributed by atoms with van der Waals surface area (Å²) >= 11 is 12.7. The van der Waals surface area contributed by atoms with Crippen LogP contribution < -0.4 is 5.32 Å². The highest BCUT2D eigenvalue weighted by Crippen LogP contribution is 2.56. The van der Waals surface area contributed by atoms with Gasteiger partial charge in [0, 0.05) is 28.2 Å². The first-order valence-corrected chi connectivity index (χ1v) is 11.3. The molecule has 3 atom stereocenters. The van der Waals surface area contributed by atoms with E-state index in [-0.39, 0.29) is 17.4 Å². The predicted molar refractivity (Wildman–Crippen MR) is 127 cm³/mol. The molecule has 2 heterocycles. The van der Waals surface area contributed by atoms with Crippen LogP contribution in [0.15, 0.2) is 71.7 Å². The topological polar surface area (TPSA) is 24.4 Å². The number of hydrogen-bond donors (Lipinski definition) is 1. The minimum atomic E-state index is -0.297. The number of benzene rings is 3. The second kappa shape index (κ2) is 7.85. The molecule has 152 valence electrons. The molecule has 3 aromatic carbocycles. The van der Waals surface area contributed by atoms with Crippen LogP contribution in [0.3, 0.4) is 0 Å². The third-order valence-electron chi connectivity index (χ3n) is 6.68. The van der Waals surface area contributed by atoms with E-state index >= 15 is 0 Å². The van der Waals surface area contributed by atoms with Crippen molar-refractivity contribution in [1.82, 2.24) is 5.32 Å². The summed E-state index contributed by atoms with van der Waals surface area (Å²) in [7, 11) is 0. The van der Waals surface area contributed by atoms with E-state index < -0.39 is 0 Å². The summed E-state index contributed by atoms with van der Waals surface area (Å²) in [4.78, 5) is 4.88. The number of aryl methyl sites for hydroxylation is 1. The molecule has 1 spiro atoms. The molecule has 30 heavy (non-hydrogen) atoms. The smallest absolute Gasteiger partial charge is 0.0683 e. The number of halogens is 2. The maximum Gasteiger partial charge on any atom is 0.0683 e. The van der Waals surface area contributed by atoms with E-state index in [2.05, 4.69) is 67.0 Å². The van der Waals surface area contributed by atoms with Gasteiger partial charge in [0.2, 0.25) is 0 Å². The largest absolute Gasteiger partial charge is 0.309 e. The normalized spacial score (nSPS) is 24.9. The van der Waals surface area contributed by atoms with E-state index in [1.54, 1.807) is 0 Å². The molecule has 0 saturated carbocycles. The Balaban J connectivity index is 1.75. The minimum Gasteiger partial charge on any atom is -0.309 e. The molecule has 0 radical (unpaired) electrons. The lowest BCUT2D eigenvalue weighted by molar-refractivity contribution is 0.269. The van der Waals surface area contributed by atoms with Crippen molar-refractivity contribution in [3.8, 4) is 0 Å². The SMILES string of the molecule is CCc1ccccc1[C@H]1NCC[C@@H](c2cccc(Cl)c2)[C@]12C=Nc1cc(Cl)ccc12. The number of hydrogen-bond acceptors (Lipinski definition) is 2. The maximum absolute atomic E-state index is 6.41. The van der Waals surface area contributed by atoms with E-state index in [1.165, 1.54) is 22.3 Å². The molecule has 4 heteroatoms. The Kier molecular flexibility index (Phi) is 5.18. The summed E-state index contributed by atoms with van der Waals surface area (Å²) in [6.07, 6.45) is 4.18. The van der Waals surface area contributed by atoms with Gasteiger partial charge in [0.1, 0.15) is 0 Å². The Morgan fingerprint density at radius 3 is 2.67 bits per heavy atom. The third-order valence-corrected chi connectivity index (χ3v) is 7.15. The Labute approximate surface area is 188 Å². The van der Waals surface area contributed by atoms with Gasteiger partial charge in [-0.2, -0.15) is 0 Å². The van der Waals surface area contributed by atoms with E-state index in [0.717, 1.165) is 35.1 Å². The van der Waals surface area contributed by atoms with E-state index in [0.29, 0.717) is 0 Å². The quantitative estimate of drug-likeness (QED) is 0.469. The first-order chi connectivity index (χ1) is 14.6. The number of fused-ring (bicyclic) bond motifs is 2. The van der Waals surface area contributed by atoms with Crippen LogP contribution in [-0.4, -0.2) is 12.8 Å². The van der Waals surface area contributed by atoms with Crippen molar-refractivity contribution in [3.63, 3.8) is 0 Å². The molecule has 0 unspecified atom stereocenters. The number of nitrogens with one attached hydrogen (secondary N) is 1. The standard InChI is InChI=1S/C26H24Cl2N2/c1-2-17-6-3-4-9-21(17)25-26(16-30-24-15-20(28)10-11-23(24)26)22(12-13-29-25)18-7-5-8-19(27)14-18/h3-11,14-16,22,25,29H,2,12-13H2,1H3/t22-,25+,26-/m0/s1. The average Bonchev–Trinajstić information content (AvgIpc) is 3.12. The highest BCUT2D eigenvalue weighted by Gasteiger charge is 2.52. The van der Waals surface area contributed by atoms with Crippen LogP contribution >= 0.6 is 23.2 Å². The second-order valence-electron chi connectivity index (χ2n) is 8.19. The molecule has 0 aromatic heterocycles. The summed E-state index contributed by atoms with van der Waals surface area (Å²) in [5.41, 5.74) is 5.89. The van der Waals surface area contributed by atoms with Gasteiger partial charge in [-0.3, -0.25) is 4.99 Å². The lowest BCUT2D eigenvalue weighted by Gasteiger charge is -2.48. The zero-order valence-electron chi connectivity index (χ0n) is 16.9. The van der Waals surface area contributed by atoms with Crippen molar-refractivity contribution in [2.75, 3.05) is 6.54 Å². The average molecular weight is 435 g/mol. The molecule has 1 saturated heterocycles. The van der Waals surface area contributed by atoms with Crippen LogP contribution in [0.25, 0.3) is 0 Å². The van der Waals surface area contributed by atoms with Crippen molar-refractivity contribution < 1.29 is 0 Å². The van der Waals surface area contributed by atoms with Gasteiger partial charge in [-0.05, 0) is 65.9 Å². The number of piperidine rings is 1. The van der Waals surface area contributed by atoms with E-state index in [9.17, 15) is 0 Å². The fraction of sp³-hybridized carbons (Fsp3) is 0.269. The van der Waals surface area contributed by atoms with Crippen LogP contribution in [0.1, 0.15) is 47.6 Å². The lowest BCUT2D eigenvalue weighted by Crippen LogP contribution is -2.51. The monoisotopic (exact) mass is 434 g/mol. The minimum absolute atomic E-state index is 0.123. The van der Waals surface area contributed by atoms with Crippen LogP contribution in [-0.2, 0) is 11.8 Å². The molecule has 0 bridgehead atoms. The molecule has 1 fully saturated rings. The predicted octanol–water partition coefficient (Wildman–Crippen LogP) is 7.03. The fourth-order valence-corrected chi connectivity index (χ4v) is 5.75. The van der Waals surface area contributed by atoms with Crippen LogP contribution in [0.4, 0.5) is 5.69 Å².